The van der Waals surface area contributed by atoms with Gasteiger partial charge in [-0.3, -0.25) is 9.59 Å². The standard InChI is InChI=1S/C21H19F3N4O2/c22-21(23,24)16-5-2-14(3-6-16)19(29)27-8-1-9-28(11-10-27)20(30)15-4-7-17-18(12-15)26-13-25-17/h2-7,12-13H,1,8-11H2,(H,25,26). The molecule has 1 fully saturated rings. The Morgan fingerprint density at radius 1 is 0.867 bits per heavy atom. The molecule has 2 amide bonds. The minimum absolute atomic E-state index is 0.129. The molecule has 6 nitrogen and oxygen atoms in total. The molecule has 0 saturated carbocycles. The predicted octanol–water partition coefficient (Wildman–Crippen LogP) is 3.57. The number of benzene rings is 2. The molecule has 1 saturated heterocycles. The Bertz CT molecular complexity index is 1080. The Kier molecular flexibility index (Phi) is 5.19. The van der Waals surface area contributed by atoms with Gasteiger partial charge in [0.2, 0.25) is 0 Å². The normalized spacial score (nSPS) is 15.3. The van der Waals surface area contributed by atoms with Crippen molar-refractivity contribution < 1.29 is 22.8 Å². The molecule has 1 N–H and O–H groups in total. The van der Waals surface area contributed by atoms with Gasteiger partial charge in [-0.25, -0.2) is 4.98 Å². The van der Waals surface area contributed by atoms with Gasteiger partial charge in [-0.05, 0) is 48.9 Å². The Morgan fingerprint density at radius 2 is 1.47 bits per heavy atom. The number of rotatable bonds is 2. The van der Waals surface area contributed by atoms with Crippen molar-refractivity contribution in [3.63, 3.8) is 0 Å². The van der Waals surface area contributed by atoms with E-state index in [0.717, 1.165) is 23.2 Å². The van der Waals surface area contributed by atoms with Gasteiger partial charge in [-0.2, -0.15) is 13.2 Å². The molecule has 4 rings (SSSR count). The summed E-state index contributed by atoms with van der Waals surface area (Å²) in [4.78, 5) is 36.0. The molecule has 0 spiro atoms. The molecule has 2 heterocycles. The lowest BCUT2D eigenvalue weighted by atomic mass is 10.1. The highest BCUT2D eigenvalue weighted by Gasteiger charge is 2.30. The van der Waals surface area contributed by atoms with Crippen molar-refractivity contribution in [2.45, 2.75) is 12.6 Å². The first-order valence-corrected chi connectivity index (χ1v) is 9.52. The molecule has 3 aromatic rings. The van der Waals surface area contributed by atoms with Crippen LogP contribution < -0.4 is 0 Å². The van der Waals surface area contributed by atoms with Crippen LogP contribution in [0.5, 0.6) is 0 Å². The van der Waals surface area contributed by atoms with Crippen LogP contribution in [-0.2, 0) is 6.18 Å². The number of nitrogens with zero attached hydrogens (tertiary/aromatic N) is 3. The monoisotopic (exact) mass is 416 g/mol. The van der Waals surface area contributed by atoms with Gasteiger partial charge in [0.25, 0.3) is 11.8 Å². The maximum atomic E-state index is 12.9. The Morgan fingerprint density at radius 3 is 2.10 bits per heavy atom. The minimum Gasteiger partial charge on any atom is -0.345 e. The van der Waals surface area contributed by atoms with Gasteiger partial charge < -0.3 is 14.8 Å². The topological polar surface area (TPSA) is 69.3 Å². The first-order valence-electron chi connectivity index (χ1n) is 9.52. The van der Waals surface area contributed by atoms with Crippen molar-refractivity contribution in [1.82, 2.24) is 19.8 Å². The van der Waals surface area contributed by atoms with Crippen LogP contribution >= 0.6 is 0 Å². The summed E-state index contributed by atoms with van der Waals surface area (Å²) < 4.78 is 38.2. The molecular formula is C21H19F3N4O2. The van der Waals surface area contributed by atoms with Gasteiger partial charge in [-0.15, -0.1) is 0 Å². The molecule has 30 heavy (non-hydrogen) atoms. The number of alkyl halides is 3. The van der Waals surface area contributed by atoms with E-state index in [2.05, 4.69) is 9.97 Å². The van der Waals surface area contributed by atoms with E-state index in [0.29, 0.717) is 38.2 Å². The molecule has 0 aliphatic carbocycles. The summed E-state index contributed by atoms with van der Waals surface area (Å²) >= 11 is 0. The minimum atomic E-state index is -4.44. The predicted molar refractivity (Wildman–Crippen MR) is 104 cm³/mol. The van der Waals surface area contributed by atoms with E-state index in [1.165, 1.54) is 12.1 Å². The van der Waals surface area contributed by atoms with E-state index in [9.17, 15) is 22.8 Å². The number of hydrogen-bond acceptors (Lipinski definition) is 3. The Labute approximate surface area is 170 Å². The highest BCUT2D eigenvalue weighted by molar-refractivity contribution is 5.97. The fourth-order valence-electron chi connectivity index (χ4n) is 3.56. The quantitative estimate of drug-likeness (QED) is 0.695. The molecule has 0 bridgehead atoms. The molecule has 0 unspecified atom stereocenters. The third-order valence-electron chi connectivity index (χ3n) is 5.20. The fraction of sp³-hybridized carbons (Fsp3) is 0.286. The molecule has 2 aromatic carbocycles. The second-order valence-corrected chi connectivity index (χ2v) is 7.15. The largest absolute Gasteiger partial charge is 0.416 e. The molecule has 1 aromatic heterocycles. The van der Waals surface area contributed by atoms with Crippen LogP contribution in [-0.4, -0.2) is 57.8 Å². The maximum Gasteiger partial charge on any atom is 0.416 e. The number of nitrogens with one attached hydrogen (secondary N) is 1. The van der Waals surface area contributed by atoms with Gasteiger partial charge in [0.1, 0.15) is 0 Å². The third kappa shape index (κ3) is 4.00. The SMILES string of the molecule is O=C(c1ccc(C(F)(F)F)cc1)N1CCCN(C(=O)c2ccc3nc[nH]c3c2)CC1. The van der Waals surface area contributed by atoms with Crippen molar-refractivity contribution in [3.8, 4) is 0 Å². The van der Waals surface area contributed by atoms with E-state index in [1.54, 1.807) is 34.3 Å². The lowest BCUT2D eigenvalue weighted by Crippen LogP contribution is -2.37. The van der Waals surface area contributed by atoms with Crippen LogP contribution in [0, 0.1) is 0 Å². The average molecular weight is 416 g/mol. The average Bonchev–Trinajstić information content (AvgIpc) is 3.07. The van der Waals surface area contributed by atoms with Crippen LogP contribution in [0.25, 0.3) is 11.0 Å². The van der Waals surface area contributed by atoms with E-state index in [-0.39, 0.29) is 17.4 Å². The summed E-state index contributed by atoms with van der Waals surface area (Å²) in [5, 5.41) is 0. The number of halogens is 3. The molecular weight excluding hydrogens is 397 g/mol. The number of carbonyl (C=O) groups is 2. The molecule has 156 valence electrons. The van der Waals surface area contributed by atoms with Crippen LogP contribution in [0.4, 0.5) is 13.2 Å². The zero-order valence-electron chi connectivity index (χ0n) is 15.9. The lowest BCUT2D eigenvalue weighted by molar-refractivity contribution is -0.137. The second kappa shape index (κ2) is 7.81. The zero-order valence-corrected chi connectivity index (χ0v) is 15.9. The van der Waals surface area contributed by atoms with Crippen LogP contribution in [0.15, 0.2) is 48.8 Å². The molecule has 9 heteroatoms. The summed E-state index contributed by atoms with van der Waals surface area (Å²) in [6.45, 7) is 1.60. The molecule has 1 aliphatic heterocycles. The molecule has 0 radical (unpaired) electrons. The van der Waals surface area contributed by atoms with Crippen LogP contribution in [0.3, 0.4) is 0 Å². The van der Waals surface area contributed by atoms with E-state index in [4.69, 9.17) is 0 Å². The summed E-state index contributed by atoms with van der Waals surface area (Å²) in [6.07, 6.45) is -2.29. The van der Waals surface area contributed by atoms with E-state index in [1.807, 2.05) is 0 Å². The summed E-state index contributed by atoms with van der Waals surface area (Å²) in [6, 6.07) is 9.45. The van der Waals surface area contributed by atoms with Crippen LogP contribution in [0.2, 0.25) is 0 Å². The van der Waals surface area contributed by atoms with Crippen LogP contribution in [0.1, 0.15) is 32.7 Å². The highest BCUT2D eigenvalue weighted by Crippen LogP contribution is 2.29. The molecule has 0 atom stereocenters. The third-order valence-corrected chi connectivity index (χ3v) is 5.20. The maximum absolute atomic E-state index is 12.9. The van der Waals surface area contributed by atoms with Crippen molar-refractivity contribution in [2.75, 3.05) is 26.2 Å². The number of hydrogen-bond donors (Lipinski definition) is 1. The number of amides is 2. The number of imidazole rings is 1. The number of H-pyrrole nitrogens is 1. The number of aromatic amines is 1. The van der Waals surface area contributed by atoms with Gasteiger partial charge in [0.15, 0.2) is 0 Å². The van der Waals surface area contributed by atoms with Crippen molar-refractivity contribution in [2.24, 2.45) is 0 Å². The second-order valence-electron chi connectivity index (χ2n) is 7.15. The first-order chi connectivity index (χ1) is 14.3. The lowest BCUT2D eigenvalue weighted by Gasteiger charge is -2.22. The summed E-state index contributed by atoms with van der Waals surface area (Å²) in [5.41, 5.74) is 1.49. The van der Waals surface area contributed by atoms with Crippen molar-refractivity contribution in [3.05, 3.63) is 65.5 Å². The van der Waals surface area contributed by atoms with Crippen molar-refractivity contribution >= 4 is 22.8 Å². The zero-order chi connectivity index (χ0) is 21.3. The van der Waals surface area contributed by atoms with Gasteiger partial charge in [0, 0.05) is 37.3 Å². The fourth-order valence-corrected chi connectivity index (χ4v) is 3.56. The van der Waals surface area contributed by atoms with Crippen molar-refractivity contribution in [1.29, 1.82) is 0 Å². The van der Waals surface area contributed by atoms with Gasteiger partial charge >= 0.3 is 6.18 Å². The van der Waals surface area contributed by atoms with Gasteiger partial charge in [-0.1, -0.05) is 0 Å². The van der Waals surface area contributed by atoms with Gasteiger partial charge in [0.05, 0.1) is 22.9 Å². The smallest absolute Gasteiger partial charge is 0.345 e. The van der Waals surface area contributed by atoms with E-state index < -0.39 is 11.7 Å². The first kappa shape index (κ1) is 19.9. The Hall–Kier alpha value is -3.36. The summed E-state index contributed by atoms with van der Waals surface area (Å²) in [5.74, 6) is -0.466. The Balaban J connectivity index is 1.43. The molecule has 1 aliphatic rings. The number of fused-ring (bicyclic) bond motifs is 1. The van der Waals surface area contributed by atoms with E-state index >= 15 is 0 Å². The number of carbonyl (C=O) groups excluding carboxylic acids is 2. The summed E-state index contributed by atoms with van der Waals surface area (Å²) in [7, 11) is 0. The number of aromatic nitrogens is 2. The highest BCUT2D eigenvalue weighted by atomic mass is 19.4.